The van der Waals surface area contributed by atoms with Crippen LogP contribution in [0.2, 0.25) is 0 Å². The van der Waals surface area contributed by atoms with Crippen LogP contribution < -0.4 is 9.47 Å². The summed E-state index contributed by atoms with van der Waals surface area (Å²) in [6.45, 7) is 10.3. The van der Waals surface area contributed by atoms with E-state index in [4.69, 9.17) is 14.2 Å². The summed E-state index contributed by atoms with van der Waals surface area (Å²) in [6.07, 6.45) is 4.52. The topological polar surface area (TPSA) is 65.8 Å². The van der Waals surface area contributed by atoms with E-state index in [0.29, 0.717) is 24.0 Å². The molecule has 4 rings (SSSR count). The number of rotatable bonds is 8. The fourth-order valence-corrected chi connectivity index (χ4v) is 4.11. The molecular weight excluding hydrogens is 418 g/mol. The van der Waals surface area contributed by atoms with Crippen molar-refractivity contribution in [3.8, 4) is 11.5 Å². The molecule has 0 N–H and O–H groups in total. The van der Waals surface area contributed by atoms with E-state index < -0.39 is 11.7 Å². The minimum Gasteiger partial charge on any atom is -0.493 e. The molecule has 7 nitrogen and oxygen atoms in total. The summed E-state index contributed by atoms with van der Waals surface area (Å²) in [7, 11) is 3.74. The first-order valence-corrected chi connectivity index (χ1v) is 11.8. The predicted octanol–water partition coefficient (Wildman–Crippen LogP) is 5.58. The third kappa shape index (κ3) is 4.93. The molecule has 0 bridgehead atoms. The Hall–Kier alpha value is -2.80. The van der Waals surface area contributed by atoms with Gasteiger partial charge in [0.05, 0.1) is 30.4 Å². The predicted molar refractivity (Wildman–Crippen MR) is 131 cm³/mol. The lowest BCUT2D eigenvalue weighted by atomic mass is 10.1. The molecule has 3 aromatic rings. The van der Waals surface area contributed by atoms with Crippen molar-refractivity contribution in [1.29, 1.82) is 0 Å². The summed E-state index contributed by atoms with van der Waals surface area (Å²) < 4.78 is 19.2. The van der Waals surface area contributed by atoms with Gasteiger partial charge in [0, 0.05) is 35.5 Å². The van der Waals surface area contributed by atoms with E-state index in [-0.39, 0.29) is 0 Å². The summed E-state index contributed by atoms with van der Waals surface area (Å²) in [5, 5.41) is 1.93. The number of carbonyl (C=O) groups excluding carboxylic acids is 1. The molecule has 1 aromatic carbocycles. The van der Waals surface area contributed by atoms with Crippen molar-refractivity contribution in [2.45, 2.75) is 58.5 Å². The maximum absolute atomic E-state index is 13.3. The highest BCUT2D eigenvalue weighted by molar-refractivity contribution is 6.14. The Morgan fingerprint density at radius 3 is 2.61 bits per heavy atom. The zero-order chi connectivity index (χ0) is 23.8. The van der Waals surface area contributed by atoms with Gasteiger partial charge in [-0.1, -0.05) is 6.92 Å². The number of nitrogens with zero attached hydrogens (tertiary/aromatic N) is 3. The number of hydrogen-bond acceptors (Lipinski definition) is 6. The zero-order valence-corrected chi connectivity index (χ0v) is 20.6. The molecular formula is C26H35N3O4. The average molecular weight is 454 g/mol. The number of aromatic nitrogens is 2. The number of benzene rings is 1. The van der Waals surface area contributed by atoms with Gasteiger partial charge < -0.3 is 19.1 Å². The minimum atomic E-state index is -0.608. The molecule has 0 aliphatic heterocycles. The third-order valence-corrected chi connectivity index (χ3v) is 6.01. The summed E-state index contributed by atoms with van der Waals surface area (Å²) in [5.41, 5.74) is 1.98. The van der Waals surface area contributed by atoms with E-state index in [0.717, 1.165) is 59.9 Å². The second-order valence-corrected chi connectivity index (χ2v) is 9.80. The molecule has 1 aliphatic carbocycles. The SMILES string of the molecule is CCN(C)CCCOc1cc2c(cc1OC)c1c(C3CC3)nccc1n2C(=O)OC(C)(C)C. The van der Waals surface area contributed by atoms with E-state index in [9.17, 15) is 4.79 Å². The van der Waals surface area contributed by atoms with Crippen molar-refractivity contribution in [3.63, 3.8) is 0 Å². The summed E-state index contributed by atoms with van der Waals surface area (Å²) in [6, 6.07) is 5.76. The molecule has 2 heterocycles. The summed E-state index contributed by atoms with van der Waals surface area (Å²) >= 11 is 0. The van der Waals surface area contributed by atoms with Gasteiger partial charge in [0.1, 0.15) is 5.60 Å². The van der Waals surface area contributed by atoms with Crippen LogP contribution in [0.3, 0.4) is 0 Å². The molecule has 2 aromatic heterocycles. The first-order valence-electron chi connectivity index (χ1n) is 11.8. The molecule has 0 unspecified atom stereocenters. The van der Waals surface area contributed by atoms with Crippen LogP contribution in [-0.2, 0) is 4.74 Å². The van der Waals surface area contributed by atoms with Gasteiger partial charge in [-0.05, 0) is 65.8 Å². The molecule has 1 fully saturated rings. The number of hydrogen-bond donors (Lipinski definition) is 0. The van der Waals surface area contributed by atoms with Crippen LogP contribution in [0.25, 0.3) is 21.8 Å². The van der Waals surface area contributed by atoms with Gasteiger partial charge in [0.2, 0.25) is 0 Å². The van der Waals surface area contributed by atoms with Crippen LogP contribution >= 0.6 is 0 Å². The third-order valence-electron chi connectivity index (χ3n) is 6.01. The molecule has 0 saturated heterocycles. The normalized spacial score (nSPS) is 14.3. The fraction of sp³-hybridized carbons (Fsp3) is 0.538. The lowest BCUT2D eigenvalue weighted by molar-refractivity contribution is 0.0551. The second-order valence-electron chi connectivity index (χ2n) is 9.80. The molecule has 33 heavy (non-hydrogen) atoms. The molecule has 7 heteroatoms. The van der Waals surface area contributed by atoms with Crippen molar-refractivity contribution < 1.29 is 19.0 Å². The van der Waals surface area contributed by atoms with Gasteiger partial charge in [0.15, 0.2) is 11.5 Å². The average Bonchev–Trinajstić information content (AvgIpc) is 3.56. The van der Waals surface area contributed by atoms with Gasteiger partial charge in [-0.3, -0.25) is 4.98 Å². The van der Waals surface area contributed by atoms with Gasteiger partial charge >= 0.3 is 6.09 Å². The molecule has 0 amide bonds. The van der Waals surface area contributed by atoms with E-state index in [1.54, 1.807) is 17.9 Å². The molecule has 0 spiro atoms. The van der Waals surface area contributed by atoms with Gasteiger partial charge in [-0.2, -0.15) is 0 Å². The Bertz CT molecular complexity index is 1160. The van der Waals surface area contributed by atoms with Crippen molar-refractivity contribution in [3.05, 3.63) is 30.1 Å². The first-order chi connectivity index (χ1) is 15.7. The van der Waals surface area contributed by atoms with Crippen molar-refractivity contribution in [2.24, 2.45) is 0 Å². The summed E-state index contributed by atoms with van der Waals surface area (Å²) in [5.74, 6) is 1.71. The van der Waals surface area contributed by atoms with E-state index >= 15 is 0 Å². The minimum absolute atomic E-state index is 0.406. The Morgan fingerprint density at radius 2 is 1.97 bits per heavy atom. The number of pyridine rings is 1. The highest BCUT2D eigenvalue weighted by Crippen LogP contribution is 2.46. The van der Waals surface area contributed by atoms with Crippen LogP contribution in [-0.4, -0.2) is 60.0 Å². The highest BCUT2D eigenvalue weighted by Gasteiger charge is 2.31. The molecule has 1 saturated carbocycles. The monoisotopic (exact) mass is 453 g/mol. The molecule has 1 aliphatic rings. The maximum Gasteiger partial charge on any atom is 0.419 e. The fourth-order valence-electron chi connectivity index (χ4n) is 4.11. The van der Waals surface area contributed by atoms with Crippen LogP contribution in [0.15, 0.2) is 24.4 Å². The van der Waals surface area contributed by atoms with Crippen molar-refractivity contribution in [1.82, 2.24) is 14.5 Å². The van der Waals surface area contributed by atoms with Gasteiger partial charge in [-0.25, -0.2) is 9.36 Å². The molecule has 0 atom stereocenters. The number of fused-ring (bicyclic) bond motifs is 3. The summed E-state index contributed by atoms with van der Waals surface area (Å²) in [4.78, 5) is 20.3. The quantitative estimate of drug-likeness (QED) is 0.415. The van der Waals surface area contributed by atoms with Crippen LogP contribution in [0.1, 0.15) is 58.6 Å². The number of carbonyl (C=O) groups is 1. The van der Waals surface area contributed by atoms with Crippen molar-refractivity contribution in [2.75, 3.05) is 33.9 Å². The lowest BCUT2D eigenvalue weighted by Gasteiger charge is -2.20. The van der Waals surface area contributed by atoms with E-state index in [1.807, 2.05) is 39.0 Å². The molecule has 0 radical (unpaired) electrons. The van der Waals surface area contributed by atoms with Gasteiger partial charge in [0.25, 0.3) is 0 Å². The van der Waals surface area contributed by atoms with Crippen LogP contribution in [0.5, 0.6) is 11.5 Å². The maximum atomic E-state index is 13.3. The standard InChI is InChI=1S/C26H35N3O4/c1-7-28(5)13-8-14-32-22-16-20-18(15-21(22)31-6)23-19(11-12-27-24(23)17-9-10-17)29(20)25(30)33-26(2,3)4/h11-12,15-17H,7-10,13-14H2,1-6H3. The van der Waals surface area contributed by atoms with Crippen LogP contribution in [0.4, 0.5) is 4.79 Å². The Balaban J connectivity index is 1.82. The molecule has 178 valence electrons. The number of methoxy groups -OCH3 is 1. The smallest absolute Gasteiger partial charge is 0.419 e. The van der Waals surface area contributed by atoms with Crippen LogP contribution in [0, 0.1) is 0 Å². The Morgan fingerprint density at radius 1 is 1.21 bits per heavy atom. The largest absolute Gasteiger partial charge is 0.493 e. The Kier molecular flexibility index (Phi) is 6.52. The lowest BCUT2D eigenvalue weighted by Crippen LogP contribution is -2.27. The first kappa shape index (κ1) is 23.4. The van der Waals surface area contributed by atoms with E-state index in [2.05, 4.69) is 23.9 Å². The number of ether oxygens (including phenoxy) is 3. The highest BCUT2D eigenvalue weighted by atomic mass is 16.6. The van der Waals surface area contributed by atoms with Crippen molar-refractivity contribution >= 4 is 27.9 Å². The second kappa shape index (κ2) is 9.21. The Labute approximate surface area is 195 Å². The van der Waals surface area contributed by atoms with Gasteiger partial charge in [-0.15, -0.1) is 0 Å². The zero-order valence-electron chi connectivity index (χ0n) is 20.6. The van der Waals surface area contributed by atoms with E-state index in [1.165, 1.54) is 0 Å².